The van der Waals surface area contributed by atoms with Gasteiger partial charge in [-0.3, -0.25) is 0 Å². The number of esters is 1. The van der Waals surface area contributed by atoms with Crippen molar-refractivity contribution in [3.63, 3.8) is 0 Å². The van der Waals surface area contributed by atoms with E-state index in [4.69, 9.17) is 25.9 Å². The van der Waals surface area contributed by atoms with Crippen molar-refractivity contribution < 1.29 is 30.7 Å². The van der Waals surface area contributed by atoms with E-state index in [-0.39, 0.29) is 12.6 Å². The van der Waals surface area contributed by atoms with Crippen LogP contribution in [0.25, 0.3) is 0 Å². The van der Waals surface area contributed by atoms with Crippen LogP contribution >= 0.6 is 0 Å². The summed E-state index contributed by atoms with van der Waals surface area (Å²) in [4.78, 5) is 11.2. The van der Waals surface area contributed by atoms with E-state index in [9.17, 15) is 4.79 Å². The second kappa shape index (κ2) is 15.8. The van der Waals surface area contributed by atoms with Crippen molar-refractivity contribution in [2.45, 2.75) is 71.4 Å². The van der Waals surface area contributed by atoms with Crippen molar-refractivity contribution in [2.75, 3.05) is 19.8 Å². The molecule has 0 aromatic carbocycles. The summed E-state index contributed by atoms with van der Waals surface area (Å²) < 4.78 is 34.8. The zero-order valence-electron chi connectivity index (χ0n) is 19.5. The Labute approximate surface area is 186 Å². The van der Waals surface area contributed by atoms with Gasteiger partial charge in [-0.25, -0.2) is 4.79 Å². The van der Waals surface area contributed by atoms with Gasteiger partial charge < -0.3 is 25.9 Å². The highest BCUT2D eigenvalue weighted by Crippen LogP contribution is 2.22. The van der Waals surface area contributed by atoms with Crippen LogP contribution in [0.5, 0.6) is 0 Å². The Morgan fingerprint density at radius 2 is 1.83 bits per heavy atom. The van der Waals surface area contributed by atoms with Crippen LogP contribution in [-0.4, -0.2) is 72.4 Å². The molecule has 0 aromatic rings. The molecule has 0 aliphatic heterocycles. The standard InChI is InChI=1S/C17H42O7Si5/c1-8-9-15-28(4,5)24-29(6,7)23-27(21-25)22-26-14-10-11-19-12-13-20-17(18)16(2)3/h27H,2,8-15,26H2,1,3-7,25H3. The maximum Gasteiger partial charge on any atom is 0.453 e. The number of unbranched alkanes of at least 4 members (excludes halogenated alkanes) is 1. The predicted molar refractivity (Wildman–Crippen MR) is 131 cm³/mol. The molecule has 0 spiro atoms. The average molecular weight is 499 g/mol. The molecule has 0 N–H and O–H groups in total. The van der Waals surface area contributed by atoms with Gasteiger partial charge in [-0.2, -0.15) is 0 Å². The molecule has 0 fully saturated rings. The number of ether oxygens (including phenoxy) is 2. The molecule has 0 heterocycles. The summed E-state index contributed by atoms with van der Waals surface area (Å²) in [5.74, 6) is -0.375. The number of hydrogen-bond donors (Lipinski definition) is 0. The highest BCUT2D eigenvalue weighted by Gasteiger charge is 2.37. The van der Waals surface area contributed by atoms with Crippen molar-refractivity contribution in [3.8, 4) is 0 Å². The van der Waals surface area contributed by atoms with Gasteiger partial charge in [0.2, 0.25) is 0 Å². The molecule has 29 heavy (non-hydrogen) atoms. The first-order valence-electron chi connectivity index (χ1n) is 10.5. The first-order valence-corrected chi connectivity index (χ1v) is 20.2. The molecule has 0 aromatic heterocycles. The Morgan fingerprint density at radius 1 is 1.14 bits per heavy atom. The minimum Gasteiger partial charge on any atom is -0.460 e. The summed E-state index contributed by atoms with van der Waals surface area (Å²) in [7, 11) is -6.08. The SMILES string of the molecule is C=C(C)C(=O)OCCOCCC[SiH2]O[SiH](O[SiH3])O[Si](C)(C)O[Si](C)(C)CCCC. The van der Waals surface area contributed by atoms with E-state index in [0.29, 0.717) is 29.3 Å². The molecule has 0 saturated carbocycles. The largest absolute Gasteiger partial charge is 0.460 e. The molecule has 0 aliphatic rings. The van der Waals surface area contributed by atoms with E-state index < -0.39 is 36.2 Å². The number of carbonyl (C=O) groups is 1. The molecule has 12 heteroatoms. The molecule has 0 rings (SSSR count). The number of hydrogen-bond acceptors (Lipinski definition) is 7. The van der Waals surface area contributed by atoms with Gasteiger partial charge >= 0.3 is 24.1 Å². The van der Waals surface area contributed by atoms with Crippen LogP contribution in [0.15, 0.2) is 12.2 Å². The molecule has 0 bridgehead atoms. The van der Waals surface area contributed by atoms with E-state index >= 15 is 0 Å². The summed E-state index contributed by atoms with van der Waals surface area (Å²) in [6.45, 7) is 17.4. The predicted octanol–water partition coefficient (Wildman–Crippen LogP) is 1.79. The van der Waals surface area contributed by atoms with Crippen molar-refractivity contribution >= 4 is 52.6 Å². The first-order chi connectivity index (χ1) is 13.5. The van der Waals surface area contributed by atoms with Gasteiger partial charge in [-0.05, 0) is 51.6 Å². The van der Waals surface area contributed by atoms with Gasteiger partial charge in [0.15, 0.2) is 18.1 Å². The van der Waals surface area contributed by atoms with Crippen LogP contribution < -0.4 is 0 Å². The van der Waals surface area contributed by atoms with Crippen LogP contribution in [0.1, 0.15) is 33.1 Å². The maximum atomic E-state index is 11.2. The van der Waals surface area contributed by atoms with Gasteiger partial charge in [-0.15, -0.1) is 0 Å². The fraction of sp³-hybridized carbons (Fsp3) is 0.824. The Morgan fingerprint density at radius 3 is 2.41 bits per heavy atom. The molecule has 7 nitrogen and oxygen atoms in total. The smallest absolute Gasteiger partial charge is 0.453 e. The average Bonchev–Trinajstić information content (AvgIpc) is 2.62. The molecule has 1 atom stereocenters. The lowest BCUT2D eigenvalue weighted by Crippen LogP contribution is -2.50. The fourth-order valence-corrected chi connectivity index (χ4v) is 17.8. The Bertz CT molecular complexity index is 477. The van der Waals surface area contributed by atoms with E-state index in [1.54, 1.807) is 6.92 Å². The van der Waals surface area contributed by atoms with Gasteiger partial charge in [0.25, 0.3) is 0 Å². The van der Waals surface area contributed by atoms with Crippen LogP contribution in [-0.2, 0) is 30.7 Å². The summed E-state index contributed by atoms with van der Waals surface area (Å²) in [6, 6.07) is 2.17. The summed E-state index contributed by atoms with van der Waals surface area (Å²) in [5.41, 5.74) is 0.402. The zero-order valence-corrected chi connectivity index (χ0v) is 26.1. The zero-order chi connectivity index (χ0) is 22.3. The third-order valence-corrected chi connectivity index (χ3v) is 17.1. The minimum atomic E-state index is -2.24. The lowest BCUT2D eigenvalue weighted by atomic mass is 10.4. The number of rotatable bonds is 18. The quantitative estimate of drug-likeness (QED) is 0.123. The number of carbonyl (C=O) groups excluding carboxylic acids is 1. The van der Waals surface area contributed by atoms with Gasteiger partial charge in [0.1, 0.15) is 17.1 Å². The summed E-state index contributed by atoms with van der Waals surface area (Å²) in [5, 5.41) is 0. The molecule has 0 saturated heterocycles. The van der Waals surface area contributed by atoms with Gasteiger partial charge in [0.05, 0.1) is 6.61 Å². The third kappa shape index (κ3) is 16.5. The van der Waals surface area contributed by atoms with Crippen LogP contribution in [0.3, 0.4) is 0 Å². The van der Waals surface area contributed by atoms with E-state index in [2.05, 4.69) is 39.7 Å². The minimum absolute atomic E-state index is 0.258. The summed E-state index contributed by atoms with van der Waals surface area (Å²) in [6.07, 6.45) is 3.34. The normalized spacial score (nSPS) is 13.9. The third-order valence-electron chi connectivity index (χ3n) is 3.97. The highest BCUT2D eigenvalue weighted by molar-refractivity contribution is 6.84. The second-order valence-electron chi connectivity index (χ2n) is 8.11. The van der Waals surface area contributed by atoms with Gasteiger partial charge in [0, 0.05) is 12.2 Å². The van der Waals surface area contributed by atoms with Crippen LogP contribution in [0.4, 0.5) is 0 Å². The Kier molecular flexibility index (Phi) is 15.9. The lowest BCUT2D eigenvalue weighted by Gasteiger charge is -2.35. The summed E-state index contributed by atoms with van der Waals surface area (Å²) >= 11 is 0. The van der Waals surface area contributed by atoms with Crippen molar-refractivity contribution in [1.82, 2.24) is 0 Å². The fourth-order valence-electron chi connectivity index (χ4n) is 2.63. The lowest BCUT2D eigenvalue weighted by molar-refractivity contribution is -0.140. The highest BCUT2D eigenvalue weighted by atomic mass is 28.5. The molecular weight excluding hydrogens is 457 g/mol. The van der Waals surface area contributed by atoms with E-state index in [1.165, 1.54) is 18.9 Å². The van der Waals surface area contributed by atoms with Crippen LogP contribution in [0, 0.1) is 0 Å². The Hall–Kier alpha value is 0.0944. The Balaban J connectivity index is 3.95. The van der Waals surface area contributed by atoms with Crippen molar-refractivity contribution in [2.24, 2.45) is 0 Å². The topological polar surface area (TPSA) is 72.5 Å². The van der Waals surface area contributed by atoms with Gasteiger partial charge in [-0.1, -0.05) is 26.3 Å². The second-order valence-corrected chi connectivity index (χ2v) is 21.6. The van der Waals surface area contributed by atoms with E-state index in [1.807, 2.05) is 0 Å². The van der Waals surface area contributed by atoms with Crippen molar-refractivity contribution in [1.29, 1.82) is 0 Å². The van der Waals surface area contributed by atoms with E-state index in [0.717, 1.165) is 12.5 Å². The molecule has 1 unspecified atom stereocenters. The molecule has 0 aliphatic carbocycles. The first kappa shape index (κ1) is 29.1. The molecule has 172 valence electrons. The van der Waals surface area contributed by atoms with Crippen LogP contribution in [0.2, 0.25) is 38.3 Å². The van der Waals surface area contributed by atoms with Crippen molar-refractivity contribution in [3.05, 3.63) is 12.2 Å². The molecular formula is C17H42O7Si5. The monoisotopic (exact) mass is 498 g/mol. The molecule has 0 amide bonds. The molecule has 0 radical (unpaired) electrons. The maximum absolute atomic E-state index is 11.2.